The molecule has 0 radical (unpaired) electrons. The number of piperidine rings is 1. The van der Waals surface area contributed by atoms with Gasteiger partial charge in [0.15, 0.2) is 0 Å². The lowest BCUT2D eigenvalue weighted by molar-refractivity contribution is -0.125. The van der Waals surface area contributed by atoms with Crippen molar-refractivity contribution < 1.29 is 9.59 Å². The predicted molar refractivity (Wildman–Crippen MR) is 68.7 cm³/mol. The average Bonchev–Trinajstić information content (AvgIpc) is 2.40. The van der Waals surface area contributed by atoms with Gasteiger partial charge >= 0.3 is 0 Å². The fraction of sp³-hybridized carbons (Fsp3) is 0.846. The lowest BCUT2D eigenvalue weighted by atomic mass is 9.85. The van der Waals surface area contributed by atoms with Crippen LogP contribution in [0.3, 0.4) is 0 Å². The summed E-state index contributed by atoms with van der Waals surface area (Å²) >= 11 is 0. The van der Waals surface area contributed by atoms with E-state index in [-0.39, 0.29) is 29.8 Å². The van der Waals surface area contributed by atoms with Crippen molar-refractivity contribution in [3.05, 3.63) is 0 Å². The highest BCUT2D eigenvalue weighted by Gasteiger charge is 2.28. The van der Waals surface area contributed by atoms with Gasteiger partial charge in [-0.1, -0.05) is 6.42 Å². The van der Waals surface area contributed by atoms with Crippen LogP contribution < -0.4 is 16.4 Å². The average molecular weight is 253 g/mol. The molecule has 1 saturated heterocycles. The Morgan fingerprint density at radius 3 is 2.33 bits per heavy atom. The van der Waals surface area contributed by atoms with Crippen molar-refractivity contribution in [3.8, 4) is 0 Å². The smallest absolute Gasteiger partial charge is 0.237 e. The number of hydrogen-bond acceptors (Lipinski definition) is 3. The maximum Gasteiger partial charge on any atom is 0.237 e. The molecule has 0 aromatic rings. The third-order valence-corrected chi connectivity index (χ3v) is 4.10. The van der Waals surface area contributed by atoms with Crippen LogP contribution in [-0.4, -0.2) is 30.4 Å². The molecule has 2 rings (SSSR count). The molecule has 1 atom stereocenters. The van der Waals surface area contributed by atoms with E-state index >= 15 is 0 Å². The van der Waals surface area contributed by atoms with E-state index < -0.39 is 0 Å². The topological polar surface area (TPSA) is 84.2 Å². The number of rotatable bonds is 3. The highest BCUT2D eigenvalue weighted by Crippen LogP contribution is 2.24. The van der Waals surface area contributed by atoms with Crippen molar-refractivity contribution in [1.29, 1.82) is 0 Å². The molecule has 0 aromatic heterocycles. The summed E-state index contributed by atoms with van der Waals surface area (Å²) in [6.45, 7) is 0.937. The fourth-order valence-electron chi connectivity index (χ4n) is 2.90. The van der Waals surface area contributed by atoms with Crippen LogP contribution in [0.25, 0.3) is 0 Å². The molecule has 1 heterocycles. The van der Waals surface area contributed by atoms with Crippen molar-refractivity contribution in [2.45, 2.75) is 57.0 Å². The number of carbonyl (C=O) groups is 2. The standard InChI is InChI=1S/C13H23N3O2/c14-12(17)9-4-6-10(7-5-9)16-13(18)11-3-1-2-8-15-11/h9-11,15H,1-8H2,(H2,14,17)(H,16,18)/t9?,10?,11-/m1/s1. The lowest BCUT2D eigenvalue weighted by Crippen LogP contribution is -2.50. The minimum absolute atomic E-state index is 0.00552. The molecule has 2 aliphatic rings. The van der Waals surface area contributed by atoms with Crippen molar-refractivity contribution in [2.24, 2.45) is 11.7 Å². The van der Waals surface area contributed by atoms with Gasteiger partial charge in [-0.15, -0.1) is 0 Å². The molecule has 2 fully saturated rings. The summed E-state index contributed by atoms with van der Waals surface area (Å²) in [5, 5.41) is 6.34. The van der Waals surface area contributed by atoms with Gasteiger partial charge in [-0.05, 0) is 45.1 Å². The third-order valence-electron chi connectivity index (χ3n) is 4.10. The van der Waals surface area contributed by atoms with E-state index in [4.69, 9.17) is 5.73 Å². The van der Waals surface area contributed by atoms with Crippen molar-refractivity contribution in [2.75, 3.05) is 6.54 Å². The molecule has 1 aliphatic heterocycles. The summed E-state index contributed by atoms with van der Waals surface area (Å²) in [7, 11) is 0. The predicted octanol–water partition coefficient (Wildman–Crippen LogP) is 0.289. The summed E-state index contributed by atoms with van der Waals surface area (Å²) in [6, 6.07) is 0.199. The number of carbonyl (C=O) groups excluding carboxylic acids is 2. The molecule has 18 heavy (non-hydrogen) atoms. The molecular formula is C13H23N3O2. The highest BCUT2D eigenvalue weighted by molar-refractivity contribution is 5.82. The molecular weight excluding hydrogens is 230 g/mol. The first kappa shape index (κ1) is 13.3. The van der Waals surface area contributed by atoms with Crippen LogP contribution in [0.15, 0.2) is 0 Å². The normalized spacial score (nSPS) is 32.8. The molecule has 102 valence electrons. The molecule has 0 spiro atoms. The SMILES string of the molecule is NC(=O)C1CCC(NC(=O)[C@H]2CCCCN2)CC1. The highest BCUT2D eigenvalue weighted by atomic mass is 16.2. The van der Waals surface area contributed by atoms with E-state index in [9.17, 15) is 9.59 Å². The second kappa shape index (κ2) is 6.18. The zero-order valence-electron chi connectivity index (χ0n) is 10.8. The Morgan fingerprint density at radius 1 is 1.06 bits per heavy atom. The Morgan fingerprint density at radius 2 is 1.78 bits per heavy atom. The van der Waals surface area contributed by atoms with Crippen LogP contribution in [0, 0.1) is 5.92 Å². The molecule has 0 aromatic carbocycles. The second-order valence-electron chi connectivity index (χ2n) is 5.46. The molecule has 5 nitrogen and oxygen atoms in total. The van der Waals surface area contributed by atoms with Gasteiger partial charge in [0.25, 0.3) is 0 Å². The maximum absolute atomic E-state index is 12.0. The van der Waals surface area contributed by atoms with Crippen LogP contribution in [-0.2, 0) is 9.59 Å². The lowest BCUT2D eigenvalue weighted by Gasteiger charge is -2.30. The Balaban J connectivity index is 1.73. The van der Waals surface area contributed by atoms with Crippen molar-refractivity contribution in [1.82, 2.24) is 10.6 Å². The maximum atomic E-state index is 12.0. The summed E-state index contributed by atoms with van der Waals surface area (Å²) in [5.41, 5.74) is 5.29. The summed E-state index contributed by atoms with van der Waals surface area (Å²) in [6.07, 6.45) is 6.56. The van der Waals surface area contributed by atoms with Crippen molar-refractivity contribution >= 4 is 11.8 Å². The molecule has 1 aliphatic carbocycles. The van der Waals surface area contributed by atoms with E-state index in [2.05, 4.69) is 10.6 Å². The number of primary amides is 1. The minimum atomic E-state index is -0.200. The van der Waals surface area contributed by atoms with E-state index in [1.165, 1.54) is 0 Å². The third kappa shape index (κ3) is 3.45. The van der Waals surface area contributed by atoms with Gasteiger partial charge < -0.3 is 16.4 Å². The van der Waals surface area contributed by atoms with E-state index in [1.807, 2.05) is 0 Å². The molecule has 0 unspecified atom stereocenters. The van der Waals surface area contributed by atoms with Gasteiger partial charge in [0, 0.05) is 12.0 Å². The van der Waals surface area contributed by atoms with Crippen LogP contribution >= 0.6 is 0 Å². The summed E-state index contributed by atoms with van der Waals surface area (Å²) < 4.78 is 0. The van der Waals surface area contributed by atoms with E-state index in [1.54, 1.807) is 0 Å². The molecule has 2 amide bonds. The van der Waals surface area contributed by atoms with Crippen LogP contribution in [0.5, 0.6) is 0 Å². The van der Waals surface area contributed by atoms with Gasteiger partial charge in [-0.3, -0.25) is 9.59 Å². The van der Waals surface area contributed by atoms with Crippen molar-refractivity contribution in [3.63, 3.8) is 0 Å². The van der Waals surface area contributed by atoms with Gasteiger partial charge in [0.1, 0.15) is 0 Å². The van der Waals surface area contributed by atoms with Crippen LogP contribution in [0.4, 0.5) is 0 Å². The van der Waals surface area contributed by atoms with Gasteiger partial charge in [-0.25, -0.2) is 0 Å². The largest absolute Gasteiger partial charge is 0.369 e. The van der Waals surface area contributed by atoms with Crippen LogP contribution in [0.1, 0.15) is 44.9 Å². The Hall–Kier alpha value is -1.10. The van der Waals surface area contributed by atoms with Gasteiger partial charge in [0.05, 0.1) is 6.04 Å². The monoisotopic (exact) mass is 253 g/mol. The van der Waals surface area contributed by atoms with Crippen LogP contribution in [0.2, 0.25) is 0 Å². The first-order chi connectivity index (χ1) is 8.66. The van der Waals surface area contributed by atoms with Gasteiger partial charge in [-0.2, -0.15) is 0 Å². The Kier molecular flexibility index (Phi) is 4.58. The first-order valence-electron chi connectivity index (χ1n) is 7.00. The van der Waals surface area contributed by atoms with E-state index in [0.29, 0.717) is 0 Å². The molecule has 0 bridgehead atoms. The molecule has 5 heteroatoms. The quantitative estimate of drug-likeness (QED) is 0.676. The first-order valence-corrected chi connectivity index (χ1v) is 7.00. The Bertz CT molecular complexity index is 305. The Labute approximate surface area is 108 Å². The fourth-order valence-corrected chi connectivity index (χ4v) is 2.90. The number of nitrogens with one attached hydrogen (secondary N) is 2. The van der Waals surface area contributed by atoms with E-state index in [0.717, 1.165) is 51.5 Å². The summed E-state index contributed by atoms with van der Waals surface area (Å²) in [4.78, 5) is 23.1. The second-order valence-corrected chi connectivity index (χ2v) is 5.46. The van der Waals surface area contributed by atoms with Gasteiger partial charge in [0.2, 0.25) is 11.8 Å². The molecule has 1 saturated carbocycles. The number of nitrogens with two attached hydrogens (primary N) is 1. The minimum Gasteiger partial charge on any atom is -0.369 e. The molecule has 4 N–H and O–H groups in total. The number of amides is 2. The number of hydrogen-bond donors (Lipinski definition) is 3. The summed E-state index contributed by atoms with van der Waals surface area (Å²) in [5.74, 6) is -0.0723. The zero-order valence-corrected chi connectivity index (χ0v) is 10.8. The zero-order chi connectivity index (χ0) is 13.0.